The summed E-state index contributed by atoms with van der Waals surface area (Å²) in [6.45, 7) is 9.52. The highest BCUT2D eigenvalue weighted by molar-refractivity contribution is 5.34. The van der Waals surface area contributed by atoms with Crippen molar-refractivity contribution in [2.45, 2.75) is 65.0 Å². The van der Waals surface area contributed by atoms with Crippen LogP contribution in [-0.2, 0) is 0 Å². The van der Waals surface area contributed by atoms with Crippen molar-refractivity contribution in [1.82, 2.24) is 5.32 Å². The van der Waals surface area contributed by atoms with Crippen LogP contribution >= 0.6 is 0 Å². The van der Waals surface area contributed by atoms with Crippen LogP contribution in [-0.4, -0.2) is 17.8 Å². The highest BCUT2D eigenvalue weighted by Crippen LogP contribution is 2.36. The number of aliphatic hydroxyl groups is 1. The van der Waals surface area contributed by atoms with Crippen molar-refractivity contribution < 1.29 is 5.11 Å². The van der Waals surface area contributed by atoms with E-state index in [0.29, 0.717) is 18.5 Å². The average Bonchev–Trinajstić information content (AvgIpc) is 2.36. The Morgan fingerprint density at radius 3 is 2.50 bits per heavy atom. The SMILES string of the molecule is CC1CCC(NCC(O)CC(C)(C)C)c2ccccc21. The second-order valence-corrected chi connectivity index (χ2v) is 7.49. The molecule has 2 heteroatoms. The third kappa shape index (κ3) is 4.07. The highest BCUT2D eigenvalue weighted by atomic mass is 16.3. The summed E-state index contributed by atoms with van der Waals surface area (Å²) in [6.07, 6.45) is 2.97. The molecule has 20 heavy (non-hydrogen) atoms. The molecule has 0 fully saturated rings. The number of nitrogens with one attached hydrogen (secondary N) is 1. The zero-order chi connectivity index (χ0) is 14.8. The lowest BCUT2D eigenvalue weighted by atomic mass is 9.81. The Hall–Kier alpha value is -0.860. The van der Waals surface area contributed by atoms with E-state index in [4.69, 9.17) is 0 Å². The molecule has 0 spiro atoms. The summed E-state index contributed by atoms with van der Waals surface area (Å²) in [5.41, 5.74) is 3.08. The summed E-state index contributed by atoms with van der Waals surface area (Å²) >= 11 is 0. The van der Waals surface area contributed by atoms with Gasteiger partial charge >= 0.3 is 0 Å². The average molecular weight is 275 g/mol. The largest absolute Gasteiger partial charge is 0.392 e. The molecule has 1 aromatic carbocycles. The number of benzene rings is 1. The smallest absolute Gasteiger partial charge is 0.0669 e. The van der Waals surface area contributed by atoms with Gasteiger partial charge in [0.2, 0.25) is 0 Å². The zero-order valence-electron chi connectivity index (χ0n) is 13.3. The summed E-state index contributed by atoms with van der Waals surface area (Å²) in [4.78, 5) is 0. The van der Waals surface area contributed by atoms with Crippen molar-refractivity contribution in [2.75, 3.05) is 6.54 Å². The normalized spacial score (nSPS) is 24.2. The Balaban J connectivity index is 1.96. The molecule has 112 valence electrons. The lowest BCUT2D eigenvalue weighted by Crippen LogP contribution is -2.34. The standard InChI is InChI=1S/C18H29NO/c1-13-9-10-17(16-8-6-5-7-15(13)16)19-12-14(20)11-18(2,3)4/h5-8,13-14,17,19-20H,9-12H2,1-4H3. The van der Waals surface area contributed by atoms with Crippen molar-refractivity contribution in [2.24, 2.45) is 5.41 Å². The molecule has 2 N–H and O–H groups in total. The fourth-order valence-corrected chi connectivity index (χ4v) is 3.27. The molecule has 2 nitrogen and oxygen atoms in total. The first-order valence-electron chi connectivity index (χ1n) is 7.87. The maximum absolute atomic E-state index is 10.2. The van der Waals surface area contributed by atoms with Crippen molar-refractivity contribution in [3.63, 3.8) is 0 Å². The predicted molar refractivity (Wildman–Crippen MR) is 84.9 cm³/mol. The first-order valence-corrected chi connectivity index (χ1v) is 7.87. The van der Waals surface area contributed by atoms with E-state index in [9.17, 15) is 5.11 Å². The number of rotatable bonds is 4. The van der Waals surface area contributed by atoms with Gasteiger partial charge in [-0.15, -0.1) is 0 Å². The maximum Gasteiger partial charge on any atom is 0.0669 e. The van der Waals surface area contributed by atoms with Crippen LogP contribution < -0.4 is 5.32 Å². The van der Waals surface area contributed by atoms with E-state index < -0.39 is 0 Å². The number of hydrogen-bond acceptors (Lipinski definition) is 2. The van der Waals surface area contributed by atoms with E-state index in [1.807, 2.05) is 0 Å². The summed E-state index contributed by atoms with van der Waals surface area (Å²) in [7, 11) is 0. The molecule has 3 atom stereocenters. The van der Waals surface area contributed by atoms with E-state index >= 15 is 0 Å². The van der Waals surface area contributed by atoms with Gasteiger partial charge in [0.05, 0.1) is 6.10 Å². The third-order valence-corrected chi connectivity index (χ3v) is 4.24. The minimum absolute atomic E-state index is 0.181. The van der Waals surface area contributed by atoms with Gasteiger partial charge in [0.25, 0.3) is 0 Å². The lowest BCUT2D eigenvalue weighted by molar-refractivity contribution is 0.115. The summed E-state index contributed by atoms with van der Waals surface area (Å²) in [5.74, 6) is 0.656. The van der Waals surface area contributed by atoms with Crippen LogP contribution in [0.3, 0.4) is 0 Å². The molecule has 1 aliphatic carbocycles. The Kier molecular flexibility index (Phi) is 4.87. The maximum atomic E-state index is 10.2. The molecule has 0 bridgehead atoms. The van der Waals surface area contributed by atoms with Gasteiger partial charge in [-0.05, 0) is 41.7 Å². The van der Waals surface area contributed by atoms with Gasteiger partial charge < -0.3 is 10.4 Å². The zero-order valence-corrected chi connectivity index (χ0v) is 13.3. The summed E-state index contributed by atoms with van der Waals surface area (Å²) in [6, 6.07) is 9.14. The molecule has 3 unspecified atom stereocenters. The van der Waals surface area contributed by atoms with E-state index in [2.05, 4.69) is 57.3 Å². The van der Waals surface area contributed by atoms with Crippen molar-refractivity contribution in [3.05, 3.63) is 35.4 Å². The molecule has 2 rings (SSSR count). The van der Waals surface area contributed by atoms with Gasteiger partial charge in [0.1, 0.15) is 0 Å². The molecule has 0 radical (unpaired) electrons. The van der Waals surface area contributed by atoms with E-state index in [-0.39, 0.29) is 11.5 Å². The Morgan fingerprint density at radius 2 is 1.85 bits per heavy atom. The molecule has 0 aromatic heterocycles. The molecule has 0 aliphatic heterocycles. The highest BCUT2D eigenvalue weighted by Gasteiger charge is 2.25. The summed E-state index contributed by atoms with van der Waals surface area (Å²) < 4.78 is 0. The number of aliphatic hydroxyl groups excluding tert-OH is 1. The van der Waals surface area contributed by atoms with Crippen LogP contribution in [0.5, 0.6) is 0 Å². The molecule has 1 aliphatic rings. The lowest BCUT2D eigenvalue weighted by Gasteiger charge is -2.31. The van der Waals surface area contributed by atoms with Crippen molar-refractivity contribution in [1.29, 1.82) is 0 Å². The second kappa shape index (κ2) is 6.28. The molecule has 0 amide bonds. The first kappa shape index (κ1) is 15.5. The minimum Gasteiger partial charge on any atom is -0.392 e. The Morgan fingerprint density at radius 1 is 1.20 bits per heavy atom. The van der Waals surface area contributed by atoms with Crippen LogP contribution in [0, 0.1) is 5.41 Å². The predicted octanol–water partition coefficient (Wildman–Crippen LogP) is 4.01. The molecular formula is C18H29NO. The monoisotopic (exact) mass is 275 g/mol. The van der Waals surface area contributed by atoms with Gasteiger partial charge in [-0.2, -0.15) is 0 Å². The van der Waals surface area contributed by atoms with Crippen LogP contribution in [0.1, 0.15) is 70.0 Å². The molecule has 0 saturated heterocycles. The molecular weight excluding hydrogens is 246 g/mol. The second-order valence-electron chi connectivity index (χ2n) is 7.49. The van der Waals surface area contributed by atoms with Gasteiger partial charge in [-0.3, -0.25) is 0 Å². The van der Waals surface area contributed by atoms with Crippen LogP contribution in [0.15, 0.2) is 24.3 Å². The quantitative estimate of drug-likeness (QED) is 0.870. The van der Waals surface area contributed by atoms with Gasteiger partial charge in [0.15, 0.2) is 0 Å². The van der Waals surface area contributed by atoms with Gasteiger partial charge in [0, 0.05) is 12.6 Å². The van der Waals surface area contributed by atoms with Crippen LogP contribution in [0.25, 0.3) is 0 Å². The van der Waals surface area contributed by atoms with Crippen LogP contribution in [0.2, 0.25) is 0 Å². The van der Waals surface area contributed by atoms with Crippen molar-refractivity contribution >= 4 is 0 Å². The van der Waals surface area contributed by atoms with Gasteiger partial charge in [-0.25, -0.2) is 0 Å². The van der Waals surface area contributed by atoms with E-state index in [1.165, 1.54) is 24.0 Å². The summed E-state index contributed by atoms with van der Waals surface area (Å²) in [5, 5.41) is 13.7. The molecule has 1 aromatic rings. The van der Waals surface area contributed by atoms with E-state index in [0.717, 1.165) is 6.42 Å². The number of hydrogen-bond donors (Lipinski definition) is 2. The fourth-order valence-electron chi connectivity index (χ4n) is 3.27. The number of fused-ring (bicyclic) bond motifs is 1. The van der Waals surface area contributed by atoms with Gasteiger partial charge in [-0.1, -0.05) is 52.0 Å². The Labute approximate surface area is 123 Å². The Bertz CT molecular complexity index is 435. The fraction of sp³-hybridized carbons (Fsp3) is 0.667. The third-order valence-electron chi connectivity index (χ3n) is 4.24. The minimum atomic E-state index is -0.262. The van der Waals surface area contributed by atoms with Crippen LogP contribution in [0.4, 0.5) is 0 Å². The topological polar surface area (TPSA) is 32.3 Å². The molecule has 0 saturated carbocycles. The van der Waals surface area contributed by atoms with Crippen molar-refractivity contribution in [3.8, 4) is 0 Å². The first-order chi connectivity index (χ1) is 9.37. The van der Waals surface area contributed by atoms with E-state index in [1.54, 1.807) is 0 Å². The molecule has 0 heterocycles.